The maximum atomic E-state index is 13.1. The van der Waals surface area contributed by atoms with Gasteiger partial charge in [0.05, 0.1) is 49.3 Å². The molecule has 0 saturated carbocycles. The third-order valence-corrected chi connectivity index (χ3v) is 7.70. The number of nitrogens with one attached hydrogen (secondary N) is 3. The average Bonchev–Trinajstić information content (AvgIpc) is 3.18. The van der Waals surface area contributed by atoms with E-state index in [0.29, 0.717) is 59.0 Å². The third-order valence-electron chi connectivity index (χ3n) is 7.42. The fourth-order valence-corrected chi connectivity index (χ4v) is 5.44. The number of ether oxygens (including phenoxy) is 2. The molecule has 3 N–H and O–H groups in total. The highest BCUT2D eigenvalue weighted by atomic mass is 35.5. The molecule has 226 valence electrons. The predicted octanol–water partition coefficient (Wildman–Crippen LogP) is 5.14. The molecule has 2 aliphatic heterocycles. The minimum Gasteiger partial charge on any atom is -0.494 e. The number of morpholine rings is 1. The molecule has 0 unspecified atom stereocenters. The molecule has 1 aromatic heterocycles. The van der Waals surface area contributed by atoms with E-state index < -0.39 is 0 Å². The Hall–Kier alpha value is -4.19. The van der Waals surface area contributed by atoms with Crippen LogP contribution in [-0.2, 0) is 20.7 Å². The zero-order chi connectivity index (χ0) is 30.2. The van der Waals surface area contributed by atoms with Crippen LogP contribution in [0.15, 0.2) is 55.3 Å². The van der Waals surface area contributed by atoms with Crippen molar-refractivity contribution in [3.63, 3.8) is 0 Å². The first-order valence-electron chi connectivity index (χ1n) is 14.4. The van der Waals surface area contributed by atoms with Gasteiger partial charge in [-0.1, -0.05) is 30.3 Å². The third kappa shape index (κ3) is 7.42. The Morgan fingerprint density at radius 2 is 1.88 bits per heavy atom. The van der Waals surface area contributed by atoms with Crippen molar-refractivity contribution in [2.24, 2.45) is 0 Å². The van der Waals surface area contributed by atoms with Gasteiger partial charge in [-0.2, -0.15) is 4.98 Å². The fourth-order valence-electron chi connectivity index (χ4n) is 5.30. The molecule has 12 heteroatoms. The minimum absolute atomic E-state index is 0.129. The highest BCUT2D eigenvalue weighted by molar-refractivity contribution is 6.33. The summed E-state index contributed by atoms with van der Waals surface area (Å²) in [5.41, 5.74) is 3.68. The molecule has 5 rings (SSSR count). The summed E-state index contributed by atoms with van der Waals surface area (Å²) in [6.45, 7) is 8.44. The van der Waals surface area contributed by atoms with Crippen LogP contribution in [-0.4, -0.2) is 73.2 Å². The predicted molar refractivity (Wildman–Crippen MR) is 169 cm³/mol. The Morgan fingerprint density at radius 1 is 1.09 bits per heavy atom. The summed E-state index contributed by atoms with van der Waals surface area (Å²) in [6, 6.07) is 11.0. The molecule has 0 atom stereocenters. The molecule has 11 nitrogen and oxygen atoms in total. The van der Waals surface area contributed by atoms with E-state index in [0.717, 1.165) is 56.9 Å². The highest BCUT2D eigenvalue weighted by Crippen LogP contribution is 2.40. The van der Waals surface area contributed by atoms with Crippen LogP contribution in [0, 0.1) is 0 Å². The Kier molecular flexibility index (Phi) is 10.1. The van der Waals surface area contributed by atoms with E-state index in [1.165, 1.54) is 12.3 Å². The van der Waals surface area contributed by atoms with E-state index in [-0.39, 0.29) is 11.8 Å². The lowest BCUT2D eigenvalue weighted by molar-refractivity contribution is -0.118. The summed E-state index contributed by atoms with van der Waals surface area (Å²) in [7, 11) is 1.63. The van der Waals surface area contributed by atoms with E-state index >= 15 is 0 Å². The molecule has 2 aromatic carbocycles. The van der Waals surface area contributed by atoms with Crippen LogP contribution in [0.3, 0.4) is 0 Å². The summed E-state index contributed by atoms with van der Waals surface area (Å²) < 4.78 is 11.4. The molecule has 1 saturated heterocycles. The number of para-hydroxylation sites is 2. The van der Waals surface area contributed by atoms with Gasteiger partial charge in [-0.15, -0.1) is 0 Å². The normalized spacial score (nSPS) is 15.3. The van der Waals surface area contributed by atoms with Crippen molar-refractivity contribution in [2.75, 3.05) is 67.4 Å². The van der Waals surface area contributed by atoms with Gasteiger partial charge in [-0.05, 0) is 49.6 Å². The number of anilines is 6. The van der Waals surface area contributed by atoms with Gasteiger partial charge in [0.1, 0.15) is 10.8 Å². The van der Waals surface area contributed by atoms with Crippen molar-refractivity contribution in [3.05, 3.63) is 65.8 Å². The van der Waals surface area contributed by atoms with Crippen LogP contribution < -0.4 is 25.6 Å². The van der Waals surface area contributed by atoms with Gasteiger partial charge < -0.3 is 30.3 Å². The number of carbonyl (C=O) groups is 2. The summed E-state index contributed by atoms with van der Waals surface area (Å²) in [6.07, 6.45) is 5.50. The number of fused-ring (bicyclic) bond motifs is 1. The lowest BCUT2D eigenvalue weighted by Crippen LogP contribution is -2.39. The van der Waals surface area contributed by atoms with Crippen molar-refractivity contribution in [3.8, 4) is 5.75 Å². The smallest absolute Gasteiger partial charge is 0.247 e. The Bertz CT molecular complexity index is 1480. The van der Waals surface area contributed by atoms with Crippen molar-refractivity contribution in [1.82, 2.24) is 14.9 Å². The zero-order valence-electron chi connectivity index (χ0n) is 24.2. The van der Waals surface area contributed by atoms with E-state index in [1.54, 1.807) is 19.2 Å². The van der Waals surface area contributed by atoms with Gasteiger partial charge in [0.25, 0.3) is 0 Å². The fraction of sp³-hybridized carbons (Fsp3) is 0.355. The van der Waals surface area contributed by atoms with Gasteiger partial charge >= 0.3 is 0 Å². The Balaban J connectivity index is 1.36. The van der Waals surface area contributed by atoms with Crippen molar-refractivity contribution in [2.45, 2.75) is 25.7 Å². The van der Waals surface area contributed by atoms with Crippen LogP contribution in [0.2, 0.25) is 5.02 Å². The van der Waals surface area contributed by atoms with Gasteiger partial charge in [-0.3, -0.25) is 14.5 Å². The second-order valence-corrected chi connectivity index (χ2v) is 10.6. The quantitative estimate of drug-likeness (QED) is 0.255. The van der Waals surface area contributed by atoms with Crippen molar-refractivity contribution >= 4 is 57.9 Å². The standard InChI is InChI=1S/C31H36ClN7O4/c1-3-27(40)34-23-9-4-5-10-24(23)35-30-22(32)20-33-31(37-30)36-25-12-13-26-21(29(25)42-2)8-6-11-28(41)39(26)15-7-14-38-16-18-43-19-17-38/h3-5,9-10,12-13,20H,1,6-8,11,14-19H2,2H3,(H,34,40)(H2,33,35,36,37). The molecule has 0 aliphatic carbocycles. The molecule has 2 aliphatic rings. The first-order valence-corrected chi connectivity index (χ1v) is 14.7. The molecule has 0 radical (unpaired) electrons. The number of methoxy groups -OCH3 is 1. The van der Waals surface area contributed by atoms with Gasteiger partial charge in [0.2, 0.25) is 17.8 Å². The zero-order valence-corrected chi connectivity index (χ0v) is 25.0. The maximum Gasteiger partial charge on any atom is 0.247 e. The molecule has 0 bridgehead atoms. The first kappa shape index (κ1) is 30.3. The number of nitrogens with zero attached hydrogens (tertiary/aromatic N) is 4. The Morgan fingerprint density at radius 3 is 2.65 bits per heavy atom. The van der Waals surface area contributed by atoms with Gasteiger partial charge in [0.15, 0.2) is 5.82 Å². The van der Waals surface area contributed by atoms with E-state index in [1.807, 2.05) is 29.2 Å². The number of rotatable bonds is 11. The maximum absolute atomic E-state index is 13.1. The summed E-state index contributed by atoms with van der Waals surface area (Å²) in [4.78, 5) is 38.3. The topological polar surface area (TPSA) is 121 Å². The SMILES string of the molecule is C=CC(=O)Nc1ccccc1Nc1nc(Nc2ccc3c(c2OC)CCCC(=O)N3CCCN2CCOCC2)ncc1Cl. The van der Waals surface area contributed by atoms with Crippen LogP contribution in [0.5, 0.6) is 5.75 Å². The second-order valence-electron chi connectivity index (χ2n) is 10.2. The van der Waals surface area contributed by atoms with Crippen molar-refractivity contribution in [1.29, 1.82) is 0 Å². The molecule has 1 fully saturated rings. The molecule has 3 heterocycles. The number of halogens is 1. The van der Waals surface area contributed by atoms with E-state index in [2.05, 4.69) is 37.4 Å². The number of carbonyl (C=O) groups excluding carboxylic acids is 2. The van der Waals surface area contributed by atoms with Crippen LogP contribution >= 0.6 is 11.6 Å². The molecule has 2 amide bonds. The largest absolute Gasteiger partial charge is 0.494 e. The van der Waals surface area contributed by atoms with Crippen LogP contribution in [0.1, 0.15) is 24.8 Å². The molecular weight excluding hydrogens is 570 g/mol. The minimum atomic E-state index is -0.335. The lowest BCUT2D eigenvalue weighted by Gasteiger charge is -2.29. The van der Waals surface area contributed by atoms with Gasteiger partial charge in [0, 0.05) is 38.2 Å². The molecule has 3 aromatic rings. The molecule has 43 heavy (non-hydrogen) atoms. The highest BCUT2D eigenvalue weighted by Gasteiger charge is 2.26. The second kappa shape index (κ2) is 14.3. The van der Waals surface area contributed by atoms with E-state index in [9.17, 15) is 9.59 Å². The summed E-state index contributed by atoms with van der Waals surface area (Å²) in [5.74, 6) is 1.09. The molecule has 0 spiro atoms. The lowest BCUT2D eigenvalue weighted by atomic mass is 10.0. The van der Waals surface area contributed by atoms with E-state index in [4.69, 9.17) is 21.1 Å². The number of hydrogen-bond acceptors (Lipinski definition) is 9. The van der Waals surface area contributed by atoms with Gasteiger partial charge in [-0.25, -0.2) is 4.98 Å². The summed E-state index contributed by atoms with van der Waals surface area (Å²) in [5, 5.41) is 9.51. The summed E-state index contributed by atoms with van der Waals surface area (Å²) >= 11 is 6.44. The number of amides is 2. The van der Waals surface area contributed by atoms with Crippen LogP contribution in [0.25, 0.3) is 0 Å². The average molecular weight is 606 g/mol. The first-order chi connectivity index (χ1) is 21.0. The number of aromatic nitrogens is 2. The number of benzene rings is 2. The Labute approximate surface area is 256 Å². The number of hydrogen-bond donors (Lipinski definition) is 3. The molecular formula is C31H36ClN7O4. The van der Waals surface area contributed by atoms with Crippen molar-refractivity contribution < 1.29 is 19.1 Å². The monoisotopic (exact) mass is 605 g/mol. The van der Waals surface area contributed by atoms with Crippen LogP contribution in [0.4, 0.5) is 34.5 Å².